The highest BCUT2D eigenvalue weighted by atomic mass is 35.5. The lowest BCUT2D eigenvalue weighted by molar-refractivity contribution is -0.384. The van der Waals surface area contributed by atoms with Crippen LogP contribution in [0.15, 0.2) is 18.2 Å². The summed E-state index contributed by atoms with van der Waals surface area (Å²) in [6.45, 7) is 0. The summed E-state index contributed by atoms with van der Waals surface area (Å²) in [5.41, 5.74) is -0.501. The maximum Gasteiger partial charge on any atom is 0.297 e. The van der Waals surface area contributed by atoms with Gasteiger partial charge in [0.25, 0.3) is 5.69 Å². The maximum absolute atomic E-state index is 11.5. The van der Waals surface area contributed by atoms with Gasteiger partial charge in [-0.15, -0.1) is 11.6 Å². The Bertz CT molecular complexity index is 546. The molecule has 1 aromatic carbocycles. The van der Waals surface area contributed by atoms with Crippen molar-refractivity contribution in [3.05, 3.63) is 28.3 Å². The Hall–Kier alpha value is -1.54. The van der Waals surface area contributed by atoms with Gasteiger partial charge in [0.15, 0.2) is 0 Å². The van der Waals surface area contributed by atoms with Gasteiger partial charge in [-0.1, -0.05) is 0 Å². The Morgan fingerprint density at radius 1 is 1.50 bits per heavy atom. The number of hydrogen-bond acceptors (Lipinski definition) is 5. The second-order valence-electron chi connectivity index (χ2n) is 3.25. The molecule has 0 unspecified atom stereocenters. The standard InChI is InChI=1S/C9H11ClN2O5S/c1-17-7-2-3-8(9(6-7)12(13)14)11-18(15,16)5-4-10/h2-3,6,11H,4-5H2,1H3. The van der Waals surface area contributed by atoms with E-state index in [1.165, 1.54) is 19.2 Å². The first kappa shape index (κ1) is 14.5. The third-order valence-corrected chi connectivity index (χ3v) is 3.70. The van der Waals surface area contributed by atoms with Gasteiger partial charge in [-0.25, -0.2) is 8.42 Å². The van der Waals surface area contributed by atoms with E-state index in [1.807, 2.05) is 0 Å². The van der Waals surface area contributed by atoms with Gasteiger partial charge in [0, 0.05) is 5.88 Å². The Balaban J connectivity index is 3.13. The first-order valence-corrected chi connectivity index (χ1v) is 6.97. The molecule has 1 rings (SSSR count). The van der Waals surface area contributed by atoms with Crippen LogP contribution >= 0.6 is 11.6 Å². The maximum atomic E-state index is 11.5. The number of nitro benzene ring substituents is 1. The van der Waals surface area contributed by atoms with Gasteiger partial charge in [0.1, 0.15) is 11.4 Å². The molecule has 0 saturated carbocycles. The third-order valence-electron chi connectivity index (χ3n) is 2.01. The van der Waals surface area contributed by atoms with Gasteiger partial charge in [-0.3, -0.25) is 14.8 Å². The topological polar surface area (TPSA) is 98.5 Å². The summed E-state index contributed by atoms with van der Waals surface area (Å²) in [4.78, 5) is 10.1. The predicted octanol–water partition coefficient (Wildman–Crippen LogP) is 1.58. The van der Waals surface area contributed by atoms with Crippen LogP contribution in [0.2, 0.25) is 0 Å². The molecule has 0 aliphatic heterocycles. The zero-order valence-corrected chi connectivity index (χ0v) is 11.0. The van der Waals surface area contributed by atoms with Crippen molar-refractivity contribution in [2.75, 3.05) is 23.5 Å². The van der Waals surface area contributed by atoms with Crippen molar-refractivity contribution in [3.63, 3.8) is 0 Å². The number of hydrogen-bond donors (Lipinski definition) is 1. The summed E-state index contributed by atoms with van der Waals surface area (Å²) in [6, 6.07) is 3.83. The number of sulfonamides is 1. The van der Waals surface area contributed by atoms with Gasteiger partial charge in [-0.2, -0.15) is 0 Å². The van der Waals surface area contributed by atoms with E-state index >= 15 is 0 Å². The molecule has 0 heterocycles. The van der Waals surface area contributed by atoms with E-state index in [-0.39, 0.29) is 28.8 Å². The van der Waals surface area contributed by atoms with Crippen LogP contribution in [0.25, 0.3) is 0 Å². The minimum absolute atomic E-state index is 0.0979. The van der Waals surface area contributed by atoms with E-state index in [4.69, 9.17) is 16.3 Å². The number of benzene rings is 1. The number of rotatable bonds is 6. The molecule has 0 amide bonds. The summed E-state index contributed by atoms with van der Waals surface area (Å²) in [5, 5.41) is 10.8. The van der Waals surface area contributed by atoms with Crippen LogP contribution in [0.3, 0.4) is 0 Å². The molecule has 0 aliphatic carbocycles. The van der Waals surface area contributed by atoms with Crippen LogP contribution in [0.1, 0.15) is 0 Å². The summed E-state index contributed by atoms with van der Waals surface area (Å²) >= 11 is 5.33. The van der Waals surface area contributed by atoms with Crippen molar-refractivity contribution < 1.29 is 18.1 Å². The number of anilines is 1. The summed E-state index contributed by atoms with van der Waals surface area (Å²) in [6.07, 6.45) is 0. The Morgan fingerprint density at radius 2 is 2.17 bits per heavy atom. The molecule has 0 aromatic heterocycles. The van der Waals surface area contributed by atoms with E-state index < -0.39 is 14.9 Å². The Labute approximate surface area is 109 Å². The lowest BCUT2D eigenvalue weighted by atomic mass is 10.2. The number of nitro groups is 1. The van der Waals surface area contributed by atoms with E-state index in [2.05, 4.69) is 4.72 Å². The molecule has 0 spiro atoms. The van der Waals surface area contributed by atoms with Crippen molar-refractivity contribution >= 4 is 33.0 Å². The zero-order valence-electron chi connectivity index (χ0n) is 9.42. The van der Waals surface area contributed by atoms with Gasteiger partial charge < -0.3 is 4.74 Å². The highest BCUT2D eigenvalue weighted by molar-refractivity contribution is 7.92. The fourth-order valence-electron chi connectivity index (χ4n) is 1.20. The van der Waals surface area contributed by atoms with Crippen molar-refractivity contribution in [1.82, 2.24) is 0 Å². The van der Waals surface area contributed by atoms with E-state index in [0.29, 0.717) is 0 Å². The summed E-state index contributed by atoms with van der Waals surface area (Å²) < 4.78 is 29.9. The summed E-state index contributed by atoms with van der Waals surface area (Å²) in [5.74, 6) is -0.154. The number of methoxy groups -OCH3 is 1. The Morgan fingerprint density at radius 3 is 2.67 bits per heavy atom. The van der Waals surface area contributed by atoms with Crippen LogP contribution in [0.5, 0.6) is 5.75 Å². The highest BCUT2D eigenvalue weighted by Gasteiger charge is 2.19. The van der Waals surface area contributed by atoms with Gasteiger partial charge in [0.05, 0.1) is 23.9 Å². The lowest BCUT2D eigenvalue weighted by Gasteiger charge is -2.08. The number of nitrogens with zero attached hydrogens (tertiary/aromatic N) is 1. The SMILES string of the molecule is COc1ccc(NS(=O)(=O)CCCl)c([N+](=O)[O-])c1. The van der Waals surface area contributed by atoms with Crippen LogP contribution in [-0.2, 0) is 10.0 Å². The number of nitrogens with one attached hydrogen (secondary N) is 1. The van der Waals surface area contributed by atoms with E-state index in [9.17, 15) is 18.5 Å². The molecule has 18 heavy (non-hydrogen) atoms. The Kier molecular flexibility index (Phi) is 4.74. The van der Waals surface area contributed by atoms with Crippen molar-refractivity contribution in [3.8, 4) is 5.75 Å². The van der Waals surface area contributed by atoms with Gasteiger partial charge >= 0.3 is 0 Å². The average molecular weight is 295 g/mol. The van der Waals surface area contributed by atoms with Crippen LogP contribution in [0, 0.1) is 10.1 Å². The van der Waals surface area contributed by atoms with Crippen LogP contribution < -0.4 is 9.46 Å². The quantitative estimate of drug-likeness (QED) is 0.488. The zero-order chi connectivity index (χ0) is 13.8. The van der Waals surface area contributed by atoms with Gasteiger partial charge in [0.2, 0.25) is 10.0 Å². The molecule has 1 N–H and O–H groups in total. The number of ether oxygens (including phenoxy) is 1. The molecular weight excluding hydrogens is 284 g/mol. The normalized spacial score (nSPS) is 11.0. The molecule has 7 nitrogen and oxygen atoms in total. The molecule has 0 atom stereocenters. The first-order chi connectivity index (χ1) is 8.39. The highest BCUT2D eigenvalue weighted by Crippen LogP contribution is 2.29. The molecular formula is C9H11ClN2O5S. The molecule has 0 radical (unpaired) electrons. The minimum Gasteiger partial charge on any atom is -0.496 e. The first-order valence-electron chi connectivity index (χ1n) is 4.78. The molecule has 100 valence electrons. The fourth-order valence-corrected chi connectivity index (χ4v) is 2.62. The molecule has 1 aromatic rings. The van der Waals surface area contributed by atoms with Crippen molar-refractivity contribution in [2.45, 2.75) is 0 Å². The lowest BCUT2D eigenvalue weighted by Crippen LogP contribution is -2.18. The minimum atomic E-state index is -3.69. The van der Waals surface area contributed by atoms with E-state index in [1.54, 1.807) is 0 Å². The second-order valence-corrected chi connectivity index (χ2v) is 5.47. The van der Waals surface area contributed by atoms with Crippen LogP contribution in [-0.4, -0.2) is 32.1 Å². The van der Waals surface area contributed by atoms with Crippen LogP contribution in [0.4, 0.5) is 11.4 Å². The number of halogens is 1. The predicted molar refractivity (Wildman–Crippen MR) is 67.8 cm³/mol. The van der Waals surface area contributed by atoms with Crippen molar-refractivity contribution in [1.29, 1.82) is 0 Å². The molecule has 0 aliphatic rings. The molecule has 0 fully saturated rings. The molecule has 0 saturated heterocycles. The van der Waals surface area contributed by atoms with Gasteiger partial charge in [-0.05, 0) is 12.1 Å². The second kappa shape index (κ2) is 5.87. The largest absolute Gasteiger partial charge is 0.496 e. The monoisotopic (exact) mass is 294 g/mol. The smallest absolute Gasteiger partial charge is 0.297 e. The molecule has 9 heteroatoms. The fraction of sp³-hybridized carbons (Fsp3) is 0.333. The molecule has 0 bridgehead atoms. The summed E-state index contributed by atoms with van der Waals surface area (Å²) in [7, 11) is -2.33. The third kappa shape index (κ3) is 3.74. The van der Waals surface area contributed by atoms with Crippen molar-refractivity contribution in [2.24, 2.45) is 0 Å². The average Bonchev–Trinajstić information content (AvgIpc) is 2.28. The van der Waals surface area contributed by atoms with E-state index in [0.717, 1.165) is 6.07 Å². The number of alkyl halides is 1.